The van der Waals surface area contributed by atoms with Crippen LogP contribution in [0.15, 0.2) is 54.6 Å². The highest BCUT2D eigenvalue weighted by atomic mass is 16.5. The highest BCUT2D eigenvalue weighted by Crippen LogP contribution is 2.21. The Kier molecular flexibility index (Phi) is 5.47. The molecule has 124 valence electrons. The van der Waals surface area contributed by atoms with E-state index in [-0.39, 0.29) is 6.10 Å². The Hall–Kier alpha value is -2.35. The maximum absolute atomic E-state index is 10.4. The van der Waals surface area contributed by atoms with Crippen LogP contribution in [0.5, 0.6) is 5.75 Å². The predicted molar refractivity (Wildman–Crippen MR) is 92.6 cm³/mol. The summed E-state index contributed by atoms with van der Waals surface area (Å²) in [5.74, 6) is 0.925. The monoisotopic (exact) mass is 322 g/mol. The molecule has 1 unspecified atom stereocenters. The van der Waals surface area contributed by atoms with Crippen molar-refractivity contribution in [1.82, 2.24) is 4.90 Å². The van der Waals surface area contributed by atoms with Crippen molar-refractivity contribution in [2.75, 3.05) is 19.6 Å². The molecule has 1 saturated heterocycles. The zero-order valence-electron chi connectivity index (χ0n) is 13.6. The van der Waals surface area contributed by atoms with Crippen LogP contribution in [0.3, 0.4) is 0 Å². The van der Waals surface area contributed by atoms with Crippen molar-refractivity contribution in [3.63, 3.8) is 0 Å². The van der Waals surface area contributed by atoms with Crippen molar-refractivity contribution < 1.29 is 9.84 Å². The molecule has 1 atom stereocenters. The van der Waals surface area contributed by atoms with Crippen molar-refractivity contribution >= 4 is 0 Å². The van der Waals surface area contributed by atoms with Gasteiger partial charge in [-0.25, -0.2) is 0 Å². The van der Waals surface area contributed by atoms with Gasteiger partial charge in [-0.2, -0.15) is 5.26 Å². The van der Waals surface area contributed by atoms with Gasteiger partial charge in [-0.05, 0) is 42.7 Å². The normalized spacial score (nSPS) is 17.2. The third-order valence-electron chi connectivity index (χ3n) is 4.44. The van der Waals surface area contributed by atoms with E-state index in [4.69, 9.17) is 10.00 Å². The molecule has 0 radical (unpaired) electrons. The van der Waals surface area contributed by atoms with Gasteiger partial charge < -0.3 is 14.7 Å². The number of rotatable bonds is 5. The van der Waals surface area contributed by atoms with Crippen LogP contribution in [0.25, 0.3) is 0 Å². The van der Waals surface area contributed by atoms with E-state index in [1.807, 2.05) is 42.5 Å². The lowest BCUT2D eigenvalue weighted by Crippen LogP contribution is -2.40. The zero-order chi connectivity index (χ0) is 16.8. The number of hydrogen-bond acceptors (Lipinski definition) is 4. The molecule has 4 nitrogen and oxygen atoms in total. The predicted octanol–water partition coefficient (Wildman–Crippen LogP) is 3.14. The Bertz CT molecular complexity index is 671. The van der Waals surface area contributed by atoms with E-state index in [1.165, 1.54) is 0 Å². The molecule has 1 fully saturated rings. The van der Waals surface area contributed by atoms with Gasteiger partial charge in [0, 0.05) is 19.6 Å². The van der Waals surface area contributed by atoms with Crippen LogP contribution >= 0.6 is 0 Å². The number of nitriles is 1. The maximum Gasteiger partial charge on any atom is 0.119 e. The summed E-state index contributed by atoms with van der Waals surface area (Å²) >= 11 is 0. The summed E-state index contributed by atoms with van der Waals surface area (Å²) < 4.78 is 6.00. The second kappa shape index (κ2) is 7.96. The zero-order valence-corrected chi connectivity index (χ0v) is 13.6. The minimum absolute atomic E-state index is 0.246. The number of ether oxygens (including phenoxy) is 1. The van der Waals surface area contributed by atoms with Gasteiger partial charge in [0.15, 0.2) is 0 Å². The molecule has 0 bridgehead atoms. The number of hydrogen-bond donors (Lipinski definition) is 1. The summed E-state index contributed by atoms with van der Waals surface area (Å²) in [7, 11) is 0. The van der Waals surface area contributed by atoms with E-state index >= 15 is 0 Å². The molecule has 1 heterocycles. The van der Waals surface area contributed by atoms with Crippen LogP contribution in [-0.4, -0.2) is 35.7 Å². The average molecular weight is 322 g/mol. The number of nitrogens with zero attached hydrogens (tertiary/aromatic N) is 2. The van der Waals surface area contributed by atoms with Gasteiger partial charge in [-0.1, -0.05) is 30.3 Å². The fourth-order valence-electron chi connectivity index (χ4n) is 3.03. The Balaban J connectivity index is 1.47. The van der Waals surface area contributed by atoms with Gasteiger partial charge in [0.05, 0.1) is 17.7 Å². The molecule has 0 spiro atoms. The second-order valence-corrected chi connectivity index (χ2v) is 6.18. The standard InChI is InChI=1S/C20H22N2O2/c21-14-16-6-8-17(9-7-16)20(23)15-22-12-10-19(11-13-22)24-18-4-2-1-3-5-18/h1-9,19-20,23H,10-13,15H2. The molecular formula is C20H22N2O2. The average Bonchev–Trinajstić information content (AvgIpc) is 2.64. The van der Waals surface area contributed by atoms with Gasteiger partial charge in [-0.15, -0.1) is 0 Å². The van der Waals surface area contributed by atoms with E-state index in [1.54, 1.807) is 12.1 Å². The van der Waals surface area contributed by atoms with Crippen molar-refractivity contribution in [3.8, 4) is 11.8 Å². The van der Waals surface area contributed by atoms with E-state index < -0.39 is 6.10 Å². The molecule has 1 N–H and O–H groups in total. The molecule has 0 aliphatic carbocycles. The molecule has 2 aromatic carbocycles. The lowest BCUT2D eigenvalue weighted by Gasteiger charge is -2.33. The highest BCUT2D eigenvalue weighted by molar-refractivity contribution is 5.32. The summed E-state index contributed by atoms with van der Waals surface area (Å²) in [6, 6.07) is 19.2. The molecule has 1 aliphatic heterocycles. The first-order valence-electron chi connectivity index (χ1n) is 8.37. The van der Waals surface area contributed by atoms with Crippen molar-refractivity contribution in [2.24, 2.45) is 0 Å². The summed E-state index contributed by atoms with van der Waals surface area (Å²) in [6.45, 7) is 2.46. The molecule has 1 aliphatic rings. The van der Waals surface area contributed by atoms with Crippen molar-refractivity contribution in [2.45, 2.75) is 25.0 Å². The van der Waals surface area contributed by atoms with Crippen LogP contribution in [0.1, 0.15) is 30.1 Å². The summed E-state index contributed by atoms with van der Waals surface area (Å²) in [5.41, 5.74) is 1.47. The first-order valence-corrected chi connectivity index (χ1v) is 8.37. The summed E-state index contributed by atoms with van der Waals surface area (Å²) in [5, 5.41) is 19.2. The number of likely N-dealkylation sites (tertiary alicyclic amines) is 1. The number of β-amino-alcohol motifs (C(OH)–C–C–N with tert-alkyl or cyclic N) is 1. The molecule has 4 heteroatoms. The summed E-state index contributed by atoms with van der Waals surface area (Å²) in [6.07, 6.45) is 1.66. The number of benzene rings is 2. The lowest BCUT2D eigenvalue weighted by molar-refractivity contribution is 0.0610. The Morgan fingerprint density at radius 1 is 1.08 bits per heavy atom. The topological polar surface area (TPSA) is 56.5 Å². The molecule has 0 aromatic heterocycles. The Labute approximate surface area is 142 Å². The van der Waals surface area contributed by atoms with Gasteiger partial charge in [0.2, 0.25) is 0 Å². The number of para-hydroxylation sites is 1. The lowest BCUT2D eigenvalue weighted by atomic mass is 10.0. The SMILES string of the molecule is N#Cc1ccc(C(O)CN2CCC(Oc3ccccc3)CC2)cc1. The second-order valence-electron chi connectivity index (χ2n) is 6.18. The third kappa shape index (κ3) is 4.35. The minimum Gasteiger partial charge on any atom is -0.490 e. The molecule has 0 saturated carbocycles. The van der Waals surface area contributed by atoms with Crippen molar-refractivity contribution in [3.05, 3.63) is 65.7 Å². The maximum atomic E-state index is 10.4. The van der Waals surface area contributed by atoms with Gasteiger partial charge >= 0.3 is 0 Å². The largest absolute Gasteiger partial charge is 0.490 e. The van der Waals surface area contributed by atoms with Crippen LogP contribution in [0.4, 0.5) is 0 Å². The van der Waals surface area contributed by atoms with E-state index in [0.29, 0.717) is 12.1 Å². The fourth-order valence-corrected chi connectivity index (χ4v) is 3.03. The first kappa shape index (κ1) is 16.5. The van der Waals surface area contributed by atoms with E-state index in [9.17, 15) is 5.11 Å². The van der Waals surface area contributed by atoms with Gasteiger partial charge in [-0.3, -0.25) is 0 Å². The quantitative estimate of drug-likeness (QED) is 0.919. The Morgan fingerprint density at radius 2 is 1.75 bits per heavy atom. The van der Waals surface area contributed by atoms with E-state index in [0.717, 1.165) is 37.2 Å². The minimum atomic E-state index is -0.524. The van der Waals surface area contributed by atoms with Gasteiger partial charge in [0.25, 0.3) is 0 Å². The molecule has 2 aromatic rings. The van der Waals surface area contributed by atoms with Crippen LogP contribution in [-0.2, 0) is 0 Å². The molecular weight excluding hydrogens is 300 g/mol. The van der Waals surface area contributed by atoms with Gasteiger partial charge in [0.1, 0.15) is 11.9 Å². The molecule has 3 rings (SSSR count). The number of piperidine rings is 1. The smallest absolute Gasteiger partial charge is 0.119 e. The van der Waals surface area contributed by atoms with Crippen LogP contribution < -0.4 is 4.74 Å². The number of aliphatic hydroxyl groups is 1. The van der Waals surface area contributed by atoms with E-state index in [2.05, 4.69) is 11.0 Å². The highest BCUT2D eigenvalue weighted by Gasteiger charge is 2.22. The first-order chi connectivity index (χ1) is 11.7. The Morgan fingerprint density at radius 3 is 2.38 bits per heavy atom. The van der Waals surface area contributed by atoms with Crippen LogP contribution in [0.2, 0.25) is 0 Å². The summed E-state index contributed by atoms with van der Waals surface area (Å²) in [4.78, 5) is 2.27. The molecule has 0 amide bonds. The fraction of sp³-hybridized carbons (Fsp3) is 0.350. The number of aliphatic hydroxyl groups excluding tert-OH is 1. The van der Waals surface area contributed by atoms with Crippen LogP contribution in [0, 0.1) is 11.3 Å². The van der Waals surface area contributed by atoms with Crippen molar-refractivity contribution in [1.29, 1.82) is 5.26 Å². The third-order valence-corrected chi connectivity index (χ3v) is 4.44. The molecule has 24 heavy (non-hydrogen) atoms.